The van der Waals surface area contributed by atoms with E-state index in [0.29, 0.717) is 19.0 Å². The van der Waals surface area contributed by atoms with Gasteiger partial charge in [0, 0.05) is 16.2 Å². The molecule has 106 valence electrons. The molecule has 3 rings (SSSR count). The van der Waals surface area contributed by atoms with Crippen LogP contribution < -0.4 is 9.47 Å². The number of hydrogen-bond donors (Lipinski definition) is 1. The number of benzene rings is 1. The maximum atomic E-state index is 10.5. The molecule has 20 heavy (non-hydrogen) atoms. The van der Waals surface area contributed by atoms with E-state index >= 15 is 0 Å². The molecule has 0 saturated carbocycles. The number of aliphatic hydroxyl groups excluding tert-OH is 1. The number of ether oxygens (including phenoxy) is 2. The predicted molar refractivity (Wildman–Crippen MR) is 82.9 cm³/mol. The van der Waals surface area contributed by atoms with E-state index in [-0.39, 0.29) is 0 Å². The zero-order chi connectivity index (χ0) is 14.1. The van der Waals surface area contributed by atoms with Crippen molar-refractivity contribution in [2.24, 2.45) is 0 Å². The summed E-state index contributed by atoms with van der Waals surface area (Å²) < 4.78 is 12.2. The first-order valence-electron chi connectivity index (χ1n) is 6.48. The van der Waals surface area contributed by atoms with Crippen molar-refractivity contribution in [1.29, 1.82) is 0 Å². The SMILES string of the molecule is Cc1ccc(C(O)c2cc(Br)c3c(c2)OCCCO3)s1. The fraction of sp³-hybridized carbons (Fsp3) is 0.333. The fourth-order valence-electron chi connectivity index (χ4n) is 2.17. The van der Waals surface area contributed by atoms with E-state index < -0.39 is 6.10 Å². The smallest absolute Gasteiger partial charge is 0.175 e. The second-order valence-corrected chi connectivity index (χ2v) is 6.91. The van der Waals surface area contributed by atoms with Crippen LogP contribution in [0.4, 0.5) is 0 Å². The van der Waals surface area contributed by atoms with Crippen LogP contribution in [0.15, 0.2) is 28.7 Å². The Morgan fingerprint density at radius 3 is 2.80 bits per heavy atom. The molecule has 0 fully saturated rings. The highest BCUT2D eigenvalue weighted by Crippen LogP contribution is 2.41. The molecule has 2 aromatic rings. The molecule has 1 atom stereocenters. The van der Waals surface area contributed by atoms with Gasteiger partial charge >= 0.3 is 0 Å². The van der Waals surface area contributed by atoms with Crippen molar-refractivity contribution >= 4 is 27.3 Å². The highest BCUT2D eigenvalue weighted by molar-refractivity contribution is 9.10. The summed E-state index contributed by atoms with van der Waals surface area (Å²) in [6, 6.07) is 7.74. The first-order chi connectivity index (χ1) is 9.65. The Bertz CT molecular complexity index is 624. The van der Waals surface area contributed by atoms with Gasteiger partial charge in [-0.1, -0.05) is 0 Å². The lowest BCUT2D eigenvalue weighted by atomic mass is 10.1. The highest BCUT2D eigenvalue weighted by Gasteiger charge is 2.20. The van der Waals surface area contributed by atoms with Gasteiger partial charge in [-0.2, -0.15) is 0 Å². The van der Waals surface area contributed by atoms with Gasteiger partial charge in [-0.15, -0.1) is 11.3 Å². The lowest BCUT2D eigenvalue weighted by Crippen LogP contribution is -2.00. The Balaban J connectivity index is 1.98. The number of thiophene rings is 1. The second-order valence-electron chi connectivity index (χ2n) is 4.73. The van der Waals surface area contributed by atoms with Gasteiger partial charge in [-0.3, -0.25) is 0 Å². The molecule has 1 aliphatic rings. The zero-order valence-electron chi connectivity index (χ0n) is 11.1. The molecular formula is C15H15BrO3S. The number of aryl methyl sites for hydroxylation is 1. The van der Waals surface area contributed by atoms with Crippen LogP contribution in [0.3, 0.4) is 0 Å². The molecule has 5 heteroatoms. The molecule has 1 aromatic heterocycles. The van der Waals surface area contributed by atoms with Crippen LogP contribution in [0.5, 0.6) is 11.5 Å². The van der Waals surface area contributed by atoms with Gasteiger partial charge in [0.15, 0.2) is 11.5 Å². The largest absolute Gasteiger partial charge is 0.490 e. The molecule has 1 aliphatic heterocycles. The van der Waals surface area contributed by atoms with E-state index in [1.165, 1.54) is 4.88 Å². The molecule has 0 radical (unpaired) electrons. The Labute approximate surface area is 130 Å². The van der Waals surface area contributed by atoms with Gasteiger partial charge in [0.05, 0.1) is 17.7 Å². The van der Waals surface area contributed by atoms with Crippen LogP contribution in [-0.4, -0.2) is 18.3 Å². The van der Waals surface area contributed by atoms with Gasteiger partial charge in [-0.25, -0.2) is 0 Å². The average molecular weight is 355 g/mol. The summed E-state index contributed by atoms with van der Waals surface area (Å²) >= 11 is 5.10. The first kappa shape index (κ1) is 13.9. The Morgan fingerprint density at radius 1 is 1.25 bits per heavy atom. The topological polar surface area (TPSA) is 38.7 Å². The normalized spacial score (nSPS) is 15.8. The zero-order valence-corrected chi connectivity index (χ0v) is 13.5. The quantitative estimate of drug-likeness (QED) is 0.883. The van der Waals surface area contributed by atoms with Crippen molar-refractivity contribution in [2.75, 3.05) is 13.2 Å². The minimum atomic E-state index is -0.637. The number of halogens is 1. The summed E-state index contributed by atoms with van der Waals surface area (Å²) in [5.74, 6) is 1.42. The van der Waals surface area contributed by atoms with E-state index in [9.17, 15) is 5.11 Å². The lowest BCUT2D eigenvalue weighted by Gasteiger charge is -2.14. The van der Waals surface area contributed by atoms with Crippen LogP contribution >= 0.6 is 27.3 Å². The van der Waals surface area contributed by atoms with Crippen LogP contribution in [0.25, 0.3) is 0 Å². The van der Waals surface area contributed by atoms with Crippen LogP contribution in [0, 0.1) is 6.92 Å². The summed E-state index contributed by atoms with van der Waals surface area (Å²) in [4.78, 5) is 2.12. The van der Waals surface area contributed by atoms with E-state index in [0.717, 1.165) is 27.1 Å². The fourth-order valence-corrected chi connectivity index (χ4v) is 3.64. The molecule has 1 aromatic carbocycles. The van der Waals surface area contributed by atoms with E-state index in [1.807, 2.05) is 31.2 Å². The molecule has 0 aliphatic carbocycles. The minimum absolute atomic E-state index is 0.636. The summed E-state index contributed by atoms with van der Waals surface area (Å²) in [7, 11) is 0. The van der Waals surface area contributed by atoms with Crippen molar-refractivity contribution in [1.82, 2.24) is 0 Å². The van der Waals surface area contributed by atoms with Gasteiger partial charge in [0.1, 0.15) is 6.10 Å². The van der Waals surface area contributed by atoms with Gasteiger partial charge < -0.3 is 14.6 Å². The van der Waals surface area contributed by atoms with Gasteiger partial charge in [-0.05, 0) is 52.7 Å². The molecule has 0 amide bonds. The lowest BCUT2D eigenvalue weighted by molar-refractivity contribution is 0.223. The van der Waals surface area contributed by atoms with Crippen molar-refractivity contribution in [2.45, 2.75) is 19.4 Å². The molecule has 0 spiro atoms. The molecule has 2 heterocycles. The van der Waals surface area contributed by atoms with Gasteiger partial charge in [0.25, 0.3) is 0 Å². The van der Waals surface area contributed by atoms with Crippen molar-refractivity contribution in [3.63, 3.8) is 0 Å². The van der Waals surface area contributed by atoms with Crippen molar-refractivity contribution < 1.29 is 14.6 Å². The maximum absolute atomic E-state index is 10.5. The average Bonchev–Trinajstić information content (AvgIpc) is 2.72. The minimum Gasteiger partial charge on any atom is -0.490 e. The number of hydrogen-bond acceptors (Lipinski definition) is 4. The van der Waals surface area contributed by atoms with E-state index in [1.54, 1.807) is 11.3 Å². The van der Waals surface area contributed by atoms with Crippen LogP contribution in [-0.2, 0) is 0 Å². The number of aliphatic hydroxyl groups is 1. The number of fused-ring (bicyclic) bond motifs is 1. The number of rotatable bonds is 2. The molecule has 1 unspecified atom stereocenters. The highest BCUT2D eigenvalue weighted by atomic mass is 79.9. The maximum Gasteiger partial charge on any atom is 0.175 e. The third-order valence-corrected chi connectivity index (χ3v) is 4.81. The standard InChI is InChI=1S/C15H15BrO3S/c1-9-3-4-13(20-9)14(17)10-7-11(16)15-12(8-10)18-5-2-6-19-15/h3-4,7-8,14,17H,2,5-6H2,1H3. The van der Waals surface area contributed by atoms with E-state index in [4.69, 9.17) is 9.47 Å². The summed E-state index contributed by atoms with van der Waals surface area (Å²) in [5.41, 5.74) is 0.808. The Morgan fingerprint density at radius 2 is 2.05 bits per heavy atom. The summed E-state index contributed by atoms with van der Waals surface area (Å²) in [5, 5.41) is 10.5. The predicted octanol–water partition coefficient (Wildman–Crippen LogP) is 4.06. The molecule has 1 N–H and O–H groups in total. The first-order valence-corrected chi connectivity index (χ1v) is 8.09. The molecule has 0 saturated heterocycles. The van der Waals surface area contributed by atoms with Gasteiger partial charge in [0.2, 0.25) is 0 Å². The molecule has 3 nitrogen and oxygen atoms in total. The summed E-state index contributed by atoms with van der Waals surface area (Å²) in [6.07, 6.45) is 0.227. The molecule has 0 bridgehead atoms. The van der Waals surface area contributed by atoms with Crippen molar-refractivity contribution in [3.05, 3.63) is 44.1 Å². The Kier molecular flexibility index (Phi) is 4.01. The molecular weight excluding hydrogens is 340 g/mol. The van der Waals surface area contributed by atoms with E-state index in [2.05, 4.69) is 15.9 Å². The monoisotopic (exact) mass is 354 g/mol. The third kappa shape index (κ3) is 2.71. The third-order valence-electron chi connectivity index (χ3n) is 3.17. The van der Waals surface area contributed by atoms with Crippen LogP contribution in [0.2, 0.25) is 0 Å². The van der Waals surface area contributed by atoms with Crippen LogP contribution in [0.1, 0.15) is 27.8 Å². The van der Waals surface area contributed by atoms with Crippen molar-refractivity contribution in [3.8, 4) is 11.5 Å². The summed E-state index contributed by atoms with van der Waals surface area (Å²) in [6.45, 7) is 3.32. The second kappa shape index (κ2) is 5.76. The Hall–Kier alpha value is -1.04.